The minimum absolute atomic E-state index is 0.0551. The van der Waals surface area contributed by atoms with Gasteiger partial charge in [0.05, 0.1) is 11.9 Å². The number of halogens is 2. The summed E-state index contributed by atoms with van der Waals surface area (Å²) in [6, 6.07) is 11.2. The summed E-state index contributed by atoms with van der Waals surface area (Å²) in [5.74, 6) is -0.889. The van der Waals surface area contributed by atoms with E-state index in [1.807, 2.05) is 39.8 Å². The number of aryl methyl sites for hydroxylation is 1. The van der Waals surface area contributed by atoms with Gasteiger partial charge in [0.15, 0.2) is 0 Å². The molecule has 2 aromatic carbocycles. The second-order valence-corrected chi connectivity index (χ2v) is 12.4. The second kappa shape index (κ2) is 12.3. The van der Waals surface area contributed by atoms with Gasteiger partial charge in [0, 0.05) is 27.7 Å². The summed E-state index contributed by atoms with van der Waals surface area (Å²) < 4.78 is 26.7. The van der Waals surface area contributed by atoms with Crippen LogP contribution >= 0.6 is 23.2 Å². The Morgan fingerprint density at radius 3 is 2.08 bits per heavy atom. The summed E-state index contributed by atoms with van der Waals surface area (Å²) >= 11 is 12.8. The molecule has 2 rings (SSSR count). The van der Waals surface area contributed by atoms with Gasteiger partial charge in [-0.2, -0.15) is 0 Å². The second-order valence-electron chi connectivity index (χ2n) is 9.64. The van der Waals surface area contributed by atoms with E-state index in [-0.39, 0.29) is 12.5 Å². The number of benzene rings is 2. The van der Waals surface area contributed by atoms with E-state index in [4.69, 9.17) is 23.2 Å². The molecule has 0 heterocycles. The summed E-state index contributed by atoms with van der Waals surface area (Å²) in [7, 11) is -3.82. The van der Waals surface area contributed by atoms with Crippen molar-refractivity contribution < 1.29 is 18.0 Å². The van der Waals surface area contributed by atoms with Crippen LogP contribution in [0.4, 0.5) is 5.69 Å². The van der Waals surface area contributed by atoms with Crippen LogP contribution in [0.15, 0.2) is 42.5 Å². The van der Waals surface area contributed by atoms with Crippen LogP contribution in [0.2, 0.25) is 10.0 Å². The predicted molar refractivity (Wildman–Crippen MR) is 147 cm³/mol. The molecule has 7 nitrogen and oxygen atoms in total. The van der Waals surface area contributed by atoms with E-state index in [9.17, 15) is 18.0 Å². The van der Waals surface area contributed by atoms with Crippen LogP contribution in [0, 0.1) is 0 Å². The van der Waals surface area contributed by atoms with Crippen molar-refractivity contribution in [2.24, 2.45) is 0 Å². The van der Waals surface area contributed by atoms with E-state index < -0.39 is 34.1 Å². The summed E-state index contributed by atoms with van der Waals surface area (Å²) in [6.45, 7) is 8.72. The number of rotatable bonds is 10. The summed E-state index contributed by atoms with van der Waals surface area (Å²) in [5.41, 5.74) is 1.17. The van der Waals surface area contributed by atoms with Crippen molar-refractivity contribution in [1.29, 1.82) is 0 Å². The van der Waals surface area contributed by atoms with Crippen LogP contribution < -0.4 is 9.62 Å². The fourth-order valence-corrected chi connectivity index (χ4v) is 5.27. The summed E-state index contributed by atoms with van der Waals surface area (Å²) in [4.78, 5) is 28.4. The molecule has 0 aliphatic carbocycles. The number of amides is 2. The van der Waals surface area contributed by atoms with E-state index in [1.165, 1.54) is 4.90 Å². The molecule has 0 spiro atoms. The summed E-state index contributed by atoms with van der Waals surface area (Å²) in [5, 5.41) is 3.62. The standard InChI is InChI=1S/C26H35Cl2N3O4S/c1-7-18-12-9-10-15-23(18)31(36(6,34)35)17-24(32)30(16-19-20(27)13-11-14-21(19)28)22(8-2)25(33)29-26(3,4)5/h9-15,22H,7-8,16-17H2,1-6H3,(H,29,33). The van der Waals surface area contributed by atoms with Gasteiger partial charge >= 0.3 is 0 Å². The number of sulfonamides is 1. The molecule has 0 aliphatic heterocycles. The van der Waals surface area contributed by atoms with Crippen molar-refractivity contribution in [2.75, 3.05) is 17.1 Å². The topological polar surface area (TPSA) is 86.8 Å². The van der Waals surface area contributed by atoms with Crippen molar-refractivity contribution in [3.63, 3.8) is 0 Å². The lowest BCUT2D eigenvalue weighted by Gasteiger charge is -2.35. The SMILES string of the molecule is CCc1ccccc1N(CC(=O)N(Cc1c(Cl)cccc1Cl)C(CC)C(=O)NC(C)(C)C)S(C)(=O)=O. The molecule has 198 valence electrons. The van der Waals surface area contributed by atoms with E-state index in [1.54, 1.807) is 37.3 Å². The van der Waals surface area contributed by atoms with Crippen LogP contribution in [0.25, 0.3) is 0 Å². The Hall–Kier alpha value is -2.29. The lowest BCUT2D eigenvalue weighted by molar-refractivity contribution is -0.141. The number of carbonyl (C=O) groups is 2. The maximum absolute atomic E-state index is 13.8. The molecule has 0 saturated heterocycles. The third-order valence-corrected chi connectivity index (χ3v) is 7.43. The highest BCUT2D eigenvalue weighted by Crippen LogP contribution is 2.28. The molecule has 2 amide bonds. The zero-order chi connectivity index (χ0) is 27.3. The highest BCUT2D eigenvalue weighted by atomic mass is 35.5. The molecule has 2 aromatic rings. The van der Waals surface area contributed by atoms with Crippen molar-refractivity contribution in [3.8, 4) is 0 Å². The van der Waals surface area contributed by atoms with Crippen molar-refractivity contribution in [3.05, 3.63) is 63.6 Å². The molecule has 1 unspecified atom stereocenters. The molecule has 10 heteroatoms. The first-order chi connectivity index (χ1) is 16.7. The fraction of sp³-hybridized carbons (Fsp3) is 0.462. The Morgan fingerprint density at radius 2 is 1.58 bits per heavy atom. The third kappa shape index (κ3) is 7.85. The number of nitrogens with zero attached hydrogens (tertiary/aromatic N) is 2. The number of carbonyl (C=O) groups excluding carboxylic acids is 2. The van der Waals surface area contributed by atoms with Crippen LogP contribution in [-0.4, -0.2) is 49.5 Å². The van der Waals surface area contributed by atoms with E-state index in [0.717, 1.165) is 16.1 Å². The Kier molecular flexibility index (Phi) is 10.2. The monoisotopic (exact) mass is 555 g/mol. The molecule has 0 fully saturated rings. The molecule has 1 N–H and O–H groups in total. The van der Waals surface area contributed by atoms with Gasteiger partial charge in [-0.1, -0.05) is 61.3 Å². The quantitative estimate of drug-likeness (QED) is 0.444. The molecule has 0 bridgehead atoms. The fourth-order valence-electron chi connectivity index (χ4n) is 3.87. The average molecular weight is 557 g/mol. The predicted octanol–water partition coefficient (Wildman–Crippen LogP) is 5.04. The van der Waals surface area contributed by atoms with Crippen molar-refractivity contribution in [1.82, 2.24) is 10.2 Å². The minimum atomic E-state index is -3.82. The zero-order valence-corrected chi connectivity index (χ0v) is 24.0. The van der Waals surface area contributed by atoms with Gasteiger partial charge in [-0.3, -0.25) is 13.9 Å². The van der Waals surface area contributed by atoms with Gasteiger partial charge in [0.1, 0.15) is 12.6 Å². The molecule has 0 aromatic heterocycles. The van der Waals surface area contributed by atoms with E-state index in [0.29, 0.717) is 34.1 Å². The van der Waals surface area contributed by atoms with Gasteiger partial charge in [-0.05, 0) is 57.4 Å². The van der Waals surface area contributed by atoms with Crippen LogP contribution in [0.3, 0.4) is 0 Å². The first kappa shape index (κ1) is 29.9. The normalized spacial score (nSPS) is 12.7. The van der Waals surface area contributed by atoms with Gasteiger partial charge in [0.2, 0.25) is 21.8 Å². The maximum Gasteiger partial charge on any atom is 0.244 e. The number of nitrogens with one attached hydrogen (secondary N) is 1. The van der Waals surface area contributed by atoms with E-state index >= 15 is 0 Å². The smallest absolute Gasteiger partial charge is 0.244 e. The Labute approximate surface area is 224 Å². The lowest BCUT2D eigenvalue weighted by Crippen LogP contribution is -2.55. The first-order valence-corrected chi connectivity index (χ1v) is 14.4. The number of anilines is 1. The Balaban J connectivity index is 2.56. The highest BCUT2D eigenvalue weighted by Gasteiger charge is 2.34. The molecular formula is C26H35Cl2N3O4S. The van der Waals surface area contributed by atoms with Gasteiger partial charge in [-0.15, -0.1) is 0 Å². The molecule has 1 atom stereocenters. The van der Waals surface area contributed by atoms with Crippen molar-refractivity contribution >= 4 is 50.7 Å². The minimum Gasteiger partial charge on any atom is -0.350 e. The average Bonchev–Trinajstić information content (AvgIpc) is 2.77. The molecule has 36 heavy (non-hydrogen) atoms. The van der Waals surface area contributed by atoms with Gasteiger partial charge in [-0.25, -0.2) is 8.42 Å². The Morgan fingerprint density at radius 1 is 1.00 bits per heavy atom. The maximum atomic E-state index is 13.8. The first-order valence-electron chi connectivity index (χ1n) is 11.8. The largest absolute Gasteiger partial charge is 0.350 e. The zero-order valence-electron chi connectivity index (χ0n) is 21.6. The summed E-state index contributed by atoms with van der Waals surface area (Å²) in [6.07, 6.45) is 1.95. The molecular weight excluding hydrogens is 521 g/mol. The van der Waals surface area contributed by atoms with Crippen LogP contribution in [0.5, 0.6) is 0 Å². The van der Waals surface area contributed by atoms with Crippen LogP contribution in [-0.2, 0) is 32.6 Å². The van der Waals surface area contributed by atoms with E-state index in [2.05, 4.69) is 5.32 Å². The molecule has 0 radical (unpaired) electrons. The van der Waals surface area contributed by atoms with Gasteiger partial charge in [0.25, 0.3) is 0 Å². The van der Waals surface area contributed by atoms with Gasteiger partial charge < -0.3 is 10.2 Å². The number of hydrogen-bond acceptors (Lipinski definition) is 4. The highest BCUT2D eigenvalue weighted by molar-refractivity contribution is 7.92. The number of para-hydroxylation sites is 1. The molecule has 0 saturated carbocycles. The lowest BCUT2D eigenvalue weighted by atomic mass is 10.1. The number of hydrogen-bond donors (Lipinski definition) is 1. The Bertz CT molecular complexity index is 1180. The van der Waals surface area contributed by atoms with Crippen molar-refractivity contribution in [2.45, 2.75) is 65.6 Å². The van der Waals surface area contributed by atoms with Crippen LogP contribution in [0.1, 0.15) is 52.2 Å². The molecule has 0 aliphatic rings. The third-order valence-electron chi connectivity index (χ3n) is 5.59.